The number of rotatable bonds is 11. The molecule has 0 spiro atoms. The van der Waals surface area contributed by atoms with E-state index in [0.29, 0.717) is 22.8 Å². The number of aliphatic hydroxyl groups excluding tert-OH is 3. The summed E-state index contributed by atoms with van der Waals surface area (Å²) in [5, 5.41) is 49.9. The Morgan fingerprint density at radius 1 is 1.20 bits per heavy atom. The minimum Gasteiger partial charge on any atom is -0.393 e. The molecule has 5 atom stereocenters. The summed E-state index contributed by atoms with van der Waals surface area (Å²) in [6.45, 7) is -1.45. The first-order chi connectivity index (χ1) is 19.5. The van der Waals surface area contributed by atoms with Crippen LogP contribution in [0.15, 0.2) is 30.5 Å². The molecule has 41 heavy (non-hydrogen) atoms. The van der Waals surface area contributed by atoms with Crippen molar-refractivity contribution in [2.24, 2.45) is 0 Å². The first-order valence-corrected chi connectivity index (χ1v) is 14.3. The van der Waals surface area contributed by atoms with E-state index in [0.717, 1.165) is 5.56 Å². The van der Waals surface area contributed by atoms with Gasteiger partial charge in [-0.3, -0.25) is 4.57 Å². The Labute approximate surface area is 240 Å². The summed E-state index contributed by atoms with van der Waals surface area (Å²) in [7, 11) is -5.14. The quantitative estimate of drug-likeness (QED) is 0.0850. The van der Waals surface area contributed by atoms with Crippen LogP contribution in [0, 0.1) is 0 Å². The summed E-state index contributed by atoms with van der Waals surface area (Å²) < 4.78 is 24.8. The van der Waals surface area contributed by atoms with Crippen LogP contribution in [0.25, 0.3) is 11.0 Å². The van der Waals surface area contributed by atoms with Gasteiger partial charge in [0.1, 0.15) is 24.1 Å². The van der Waals surface area contributed by atoms with Gasteiger partial charge in [0.15, 0.2) is 23.0 Å². The molecule has 4 heterocycles. The molecule has 1 unspecified atom stereocenters. The molecule has 1 aromatic carbocycles. The third-order valence-electron chi connectivity index (χ3n) is 6.53. The minimum absolute atomic E-state index is 0.133. The molecule has 0 aliphatic carbocycles. The number of tetrazole rings is 1. The van der Waals surface area contributed by atoms with Crippen molar-refractivity contribution in [3.63, 3.8) is 0 Å². The van der Waals surface area contributed by atoms with Gasteiger partial charge in [-0.2, -0.15) is 20.3 Å². The lowest BCUT2D eigenvalue weighted by molar-refractivity contribution is -0.109. The van der Waals surface area contributed by atoms with Gasteiger partial charge < -0.3 is 39.9 Å². The maximum absolute atomic E-state index is 12.3. The van der Waals surface area contributed by atoms with Crippen molar-refractivity contribution in [2.75, 3.05) is 18.5 Å². The first-order valence-electron chi connectivity index (χ1n) is 12.0. The molecule has 0 saturated carbocycles. The average molecular weight is 632 g/mol. The summed E-state index contributed by atoms with van der Waals surface area (Å²) in [4.78, 5) is 28.3. The Morgan fingerprint density at radius 3 is 2.66 bits per heavy atom. The summed E-state index contributed by atoms with van der Waals surface area (Å²) in [5.74, 6) is 0.196. The highest BCUT2D eigenvalue weighted by Gasteiger charge is 2.52. The maximum atomic E-state index is 12.3. The van der Waals surface area contributed by atoms with Crippen LogP contribution in [0.3, 0.4) is 0 Å². The topological polar surface area (TPSA) is 247 Å². The van der Waals surface area contributed by atoms with Gasteiger partial charge in [-0.25, -0.2) is 4.68 Å². The van der Waals surface area contributed by atoms with E-state index in [9.17, 15) is 29.7 Å². The molecule has 0 bridgehead atoms. The standard InChI is InChI=1S/C21H24Cl2N9O8P/c22-12-4-2-1-3-10(12)6-24-17-11-7-25-32(18(11)27-20(23)26-17)19-16(35)15(34)13(40-19)8-39-21(9-33,41(36,37)38)5-14-28-30-31-29-14/h1-4,7,13,15-16,19,33-35H,5-6,8-9H2,(H,24,26,27)(H2,36,37,38)(H,28,29,30,31)/t13-,15-,16-,19?,21-/m1/s1. The summed E-state index contributed by atoms with van der Waals surface area (Å²) >= 11 is 12.4. The van der Waals surface area contributed by atoms with Gasteiger partial charge in [-0.05, 0) is 23.2 Å². The second-order valence-electron chi connectivity index (χ2n) is 9.12. The zero-order valence-electron chi connectivity index (χ0n) is 20.8. The van der Waals surface area contributed by atoms with Crippen molar-refractivity contribution in [3.05, 3.63) is 52.2 Å². The minimum atomic E-state index is -5.14. The molecule has 3 aromatic heterocycles. The SMILES string of the molecule is O=P(O)(O)[C@@](CO)(Cc1nn[nH]n1)OC[C@H]1OC(n2ncc3c(NCc4ccccc4Cl)nc(Cl)nc32)[C@H](O)[C@@H]1O. The van der Waals surface area contributed by atoms with Crippen LogP contribution in [0.2, 0.25) is 10.3 Å². The van der Waals surface area contributed by atoms with Crippen molar-refractivity contribution < 1.29 is 39.1 Å². The highest BCUT2D eigenvalue weighted by atomic mass is 35.5. The number of aromatic nitrogens is 8. The van der Waals surface area contributed by atoms with Gasteiger partial charge in [0.25, 0.3) is 0 Å². The first kappa shape index (κ1) is 29.7. The van der Waals surface area contributed by atoms with Gasteiger partial charge >= 0.3 is 7.60 Å². The van der Waals surface area contributed by atoms with Crippen LogP contribution in [-0.2, 0) is 27.0 Å². The van der Waals surface area contributed by atoms with Crippen LogP contribution in [0.4, 0.5) is 5.82 Å². The highest BCUT2D eigenvalue weighted by molar-refractivity contribution is 7.53. The number of anilines is 1. The summed E-state index contributed by atoms with van der Waals surface area (Å²) in [6.07, 6.45) is -4.92. The lowest BCUT2D eigenvalue weighted by atomic mass is 10.1. The normalized spacial score (nSPS) is 22.7. The lowest BCUT2D eigenvalue weighted by Gasteiger charge is -2.32. The molecular formula is C21H24Cl2N9O8P. The zero-order valence-corrected chi connectivity index (χ0v) is 23.2. The van der Waals surface area contributed by atoms with Crippen molar-refractivity contribution >= 4 is 47.6 Å². The molecular weight excluding hydrogens is 608 g/mol. The molecule has 1 aliphatic rings. The Morgan fingerprint density at radius 2 is 1.98 bits per heavy atom. The van der Waals surface area contributed by atoms with E-state index in [1.807, 2.05) is 12.1 Å². The molecule has 220 valence electrons. The van der Waals surface area contributed by atoms with E-state index in [2.05, 4.69) is 41.0 Å². The fourth-order valence-electron chi connectivity index (χ4n) is 4.28. The number of halogens is 2. The van der Waals surface area contributed by atoms with E-state index in [1.54, 1.807) is 12.1 Å². The van der Waals surface area contributed by atoms with Crippen molar-refractivity contribution in [1.29, 1.82) is 0 Å². The molecule has 1 saturated heterocycles. The van der Waals surface area contributed by atoms with Gasteiger partial charge in [0.05, 0.1) is 31.2 Å². The number of fused-ring (bicyclic) bond motifs is 1. The van der Waals surface area contributed by atoms with Gasteiger partial charge in [0, 0.05) is 11.6 Å². The third kappa shape index (κ3) is 5.91. The second-order valence-corrected chi connectivity index (χ2v) is 11.8. The number of aromatic amines is 1. The van der Waals surface area contributed by atoms with E-state index in [-0.39, 0.29) is 16.8 Å². The molecule has 20 heteroatoms. The zero-order chi connectivity index (χ0) is 29.4. The number of nitrogens with one attached hydrogen (secondary N) is 2. The fraction of sp³-hybridized carbons (Fsp3) is 0.429. The third-order valence-corrected chi connectivity index (χ3v) is 8.55. The van der Waals surface area contributed by atoms with Gasteiger partial charge in [0.2, 0.25) is 5.28 Å². The Balaban J connectivity index is 1.36. The average Bonchev–Trinajstić information content (AvgIpc) is 3.66. The largest absolute Gasteiger partial charge is 0.393 e. The number of nitrogens with zero attached hydrogens (tertiary/aromatic N) is 7. The van der Waals surface area contributed by atoms with Crippen LogP contribution in [0.1, 0.15) is 17.6 Å². The monoisotopic (exact) mass is 631 g/mol. The Bertz CT molecular complexity index is 1560. The molecule has 0 amide bonds. The fourth-order valence-corrected chi connectivity index (χ4v) is 5.42. The van der Waals surface area contributed by atoms with E-state index in [1.165, 1.54) is 10.9 Å². The smallest absolute Gasteiger partial charge is 0.359 e. The summed E-state index contributed by atoms with van der Waals surface area (Å²) in [5.41, 5.74) is 0.972. The highest BCUT2D eigenvalue weighted by Crippen LogP contribution is 2.53. The Hall–Kier alpha value is -2.83. The van der Waals surface area contributed by atoms with Crippen molar-refractivity contribution in [2.45, 2.75) is 42.8 Å². The number of ether oxygens (including phenoxy) is 2. The number of hydrogen-bond donors (Lipinski definition) is 7. The second kappa shape index (κ2) is 11.8. The molecule has 0 radical (unpaired) electrons. The van der Waals surface area contributed by atoms with Crippen molar-refractivity contribution in [1.82, 2.24) is 40.4 Å². The number of hydrogen-bond acceptors (Lipinski definition) is 13. The predicted molar refractivity (Wildman–Crippen MR) is 141 cm³/mol. The van der Waals surface area contributed by atoms with E-state index in [4.69, 9.17) is 32.7 Å². The molecule has 5 rings (SSSR count). The lowest BCUT2D eigenvalue weighted by Crippen LogP contribution is -2.43. The molecule has 4 aromatic rings. The van der Waals surface area contributed by atoms with E-state index < -0.39 is 57.1 Å². The van der Waals surface area contributed by atoms with Crippen LogP contribution >= 0.6 is 30.8 Å². The van der Waals surface area contributed by atoms with Crippen LogP contribution in [0.5, 0.6) is 0 Å². The van der Waals surface area contributed by atoms with Crippen LogP contribution < -0.4 is 5.32 Å². The van der Waals surface area contributed by atoms with Gasteiger partial charge in [-0.15, -0.1) is 10.2 Å². The number of aliphatic hydroxyl groups is 3. The van der Waals surface area contributed by atoms with Crippen LogP contribution in [-0.4, -0.2) is 102 Å². The van der Waals surface area contributed by atoms with E-state index >= 15 is 0 Å². The number of benzene rings is 1. The maximum Gasteiger partial charge on any atom is 0.359 e. The molecule has 1 aliphatic heterocycles. The molecule has 1 fully saturated rings. The predicted octanol–water partition coefficient (Wildman–Crippen LogP) is 0.00310. The van der Waals surface area contributed by atoms with Gasteiger partial charge in [-0.1, -0.05) is 35.0 Å². The Kier molecular flexibility index (Phi) is 8.54. The van der Waals surface area contributed by atoms with Crippen molar-refractivity contribution in [3.8, 4) is 0 Å². The molecule has 17 nitrogen and oxygen atoms in total. The summed E-state index contributed by atoms with van der Waals surface area (Å²) in [6, 6.07) is 7.23. The molecule has 7 N–H and O–H groups in total. The number of H-pyrrole nitrogens is 1.